The Hall–Kier alpha value is -2.51. The lowest BCUT2D eigenvalue weighted by Gasteiger charge is -2.32. The Labute approximate surface area is 150 Å². The van der Waals surface area contributed by atoms with Crippen LogP contribution in [0.25, 0.3) is 0 Å². The second-order valence-electron chi connectivity index (χ2n) is 6.60. The van der Waals surface area contributed by atoms with Gasteiger partial charge in [-0.2, -0.15) is 4.98 Å². The van der Waals surface area contributed by atoms with Crippen molar-refractivity contribution in [3.8, 4) is 0 Å². The van der Waals surface area contributed by atoms with Crippen molar-refractivity contribution in [3.05, 3.63) is 47.1 Å². The molecule has 8 heteroatoms. The van der Waals surface area contributed by atoms with E-state index in [4.69, 9.17) is 4.52 Å². The molecule has 0 spiro atoms. The van der Waals surface area contributed by atoms with Gasteiger partial charge in [0.25, 0.3) is 0 Å². The van der Waals surface area contributed by atoms with Crippen LogP contribution in [-0.2, 0) is 13.0 Å². The average molecular weight is 364 g/mol. The Bertz CT molecular complexity index is 757. The predicted octanol–water partition coefficient (Wildman–Crippen LogP) is 3.21. The third-order valence-corrected chi connectivity index (χ3v) is 4.70. The number of rotatable bonds is 5. The van der Waals surface area contributed by atoms with Crippen LogP contribution in [0.1, 0.15) is 36.5 Å². The van der Waals surface area contributed by atoms with Crippen LogP contribution in [0.3, 0.4) is 0 Å². The summed E-state index contributed by atoms with van der Waals surface area (Å²) in [5.41, 5.74) is 0.543. The maximum Gasteiger partial charge on any atom is 0.317 e. The van der Waals surface area contributed by atoms with Gasteiger partial charge in [-0.15, -0.1) is 0 Å². The van der Waals surface area contributed by atoms with Gasteiger partial charge in [-0.25, -0.2) is 13.6 Å². The van der Waals surface area contributed by atoms with Crippen LogP contribution < -0.4 is 5.32 Å². The van der Waals surface area contributed by atoms with Gasteiger partial charge in [0.2, 0.25) is 5.89 Å². The lowest BCUT2D eigenvalue weighted by atomic mass is 9.90. The average Bonchev–Trinajstić information content (AvgIpc) is 3.05. The highest BCUT2D eigenvalue weighted by molar-refractivity contribution is 5.74. The van der Waals surface area contributed by atoms with Crippen LogP contribution in [0, 0.1) is 24.5 Å². The first kappa shape index (κ1) is 18.3. The van der Waals surface area contributed by atoms with E-state index in [1.807, 2.05) is 0 Å². The van der Waals surface area contributed by atoms with E-state index < -0.39 is 11.6 Å². The monoisotopic (exact) mass is 364 g/mol. The quantitative estimate of drug-likeness (QED) is 0.884. The first-order valence-corrected chi connectivity index (χ1v) is 8.77. The van der Waals surface area contributed by atoms with Crippen LogP contribution in [-0.4, -0.2) is 34.2 Å². The first-order chi connectivity index (χ1) is 12.5. The molecule has 2 amide bonds. The number of aryl methyl sites for hydroxylation is 2. The molecule has 1 saturated heterocycles. The highest BCUT2D eigenvalue weighted by Crippen LogP contribution is 2.23. The summed E-state index contributed by atoms with van der Waals surface area (Å²) in [5, 5.41) is 6.45. The number of urea groups is 1. The van der Waals surface area contributed by atoms with Gasteiger partial charge < -0.3 is 14.7 Å². The highest BCUT2D eigenvalue weighted by atomic mass is 19.1. The van der Waals surface area contributed by atoms with E-state index in [1.165, 1.54) is 12.1 Å². The van der Waals surface area contributed by atoms with Gasteiger partial charge in [-0.1, -0.05) is 11.2 Å². The zero-order chi connectivity index (χ0) is 18.5. The van der Waals surface area contributed by atoms with Gasteiger partial charge in [0.05, 0.1) is 6.54 Å². The maximum absolute atomic E-state index is 13.7. The zero-order valence-corrected chi connectivity index (χ0v) is 14.7. The van der Waals surface area contributed by atoms with Gasteiger partial charge >= 0.3 is 6.03 Å². The van der Waals surface area contributed by atoms with E-state index in [-0.39, 0.29) is 12.6 Å². The summed E-state index contributed by atoms with van der Waals surface area (Å²) in [4.78, 5) is 18.0. The molecule has 2 aromatic rings. The molecule has 1 aliphatic heterocycles. The number of benzene rings is 1. The van der Waals surface area contributed by atoms with Crippen molar-refractivity contribution in [2.45, 2.75) is 39.2 Å². The Morgan fingerprint density at radius 3 is 2.77 bits per heavy atom. The van der Waals surface area contributed by atoms with E-state index in [0.717, 1.165) is 25.3 Å². The van der Waals surface area contributed by atoms with Crippen molar-refractivity contribution in [2.75, 3.05) is 13.1 Å². The molecule has 0 bridgehead atoms. The molecular weight excluding hydrogens is 342 g/mol. The van der Waals surface area contributed by atoms with E-state index in [2.05, 4.69) is 15.5 Å². The van der Waals surface area contributed by atoms with Crippen molar-refractivity contribution in [1.29, 1.82) is 0 Å². The van der Waals surface area contributed by atoms with E-state index >= 15 is 0 Å². The minimum atomic E-state index is -0.554. The van der Waals surface area contributed by atoms with Crippen molar-refractivity contribution in [1.82, 2.24) is 20.4 Å². The highest BCUT2D eigenvalue weighted by Gasteiger charge is 2.23. The molecule has 3 rings (SSSR count). The number of carbonyl (C=O) groups excluding carboxylic acids is 1. The molecule has 1 aliphatic rings. The Kier molecular flexibility index (Phi) is 5.80. The summed E-state index contributed by atoms with van der Waals surface area (Å²) < 4.78 is 31.6. The summed E-state index contributed by atoms with van der Waals surface area (Å²) in [6.07, 6.45) is 3.16. The van der Waals surface area contributed by atoms with Crippen LogP contribution in [0.15, 0.2) is 22.7 Å². The fourth-order valence-electron chi connectivity index (χ4n) is 3.18. The van der Waals surface area contributed by atoms with Gasteiger partial charge in [-0.05, 0) is 50.2 Å². The molecule has 6 nitrogen and oxygen atoms in total. The number of piperidine rings is 1. The number of aromatic nitrogens is 2. The number of nitrogens with zero attached hydrogens (tertiary/aromatic N) is 3. The second-order valence-corrected chi connectivity index (χ2v) is 6.60. The first-order valence-electron chi connectivity index (χ1n) is 8.77. The molecule has 0 radical (unpaired) electrons. The maximum atomic E-state index is 13.7. The molecule has 0 aliphatic carbocycles. The minimum absolute atomic E-state index is 0.149. The molecule has 1 aromatic heterocycles. The number of amides is 2. The molecule has 1 N–H and O–H groups in total. The zero-order valence-electron chi connectivity index (χ0n) is 14.7. The number of likely N-dealkylation sites (tertiary alicyclic amines) is 1. The Morgan fingerprint density at radius 1 is 1.35 bits per heavy atom. The van der Waals surface area contributed by atoms with E-state index in [1.54, 1.807) is 11.8 Å². The lowest BCUT2D eigenvalue weighted by Crippen LogP contribution is -2.44. The fourth-order valence-corrected chi connectivity index (χ4v) is 3.18. The molecule has 0 saturated carbocycles. The van der Waals surface area contributed by atoms with E-state index in [9.17, 15) is 13.6 Å². The normalized spacial score (nSPS) is 15.3. The molecule has 2 heterocycles. The SMILES string of the molecule is Cc1noc(CNC(=O)N2CCC(CCc3ccc(F)cc3F)CC2)n1. The van der Waals surface area contributed by atoms with Crippen LogP contribution >= 0.6 is 0 Å². The lowest BCUT2D eigenvalue weighted by molar-refractivity contribution is 0.166. The van der Waals surface area contributed by atoms with Gasteiger partial charge in [-0.3, -0.25) is 0 Å². The fraction of sp³-hybridized carbons (Fsp3) is 0.500. The van der Waals surface area contributed by atoms with Crippen molar-refractivity contribution in [2.24, 2.45) is 5.92 Å². The molecule has 0 atom stereocenters. The number of hydrogen-bond donors (Lipinski definition) is 1. The molecule has 0 unspecified atom stereocenters. The van der Waals surface area contributed by atoms with Gasteiger partial charge in [0.1, 0.15) is 11.6 Å². The Balaban J connectivity index is 1.40. The molecule has 1 aromatic carbocycles. The standard InChI is InChI=1S/C18H22F2N4O2/c1-12-22-17(26-23-12)11-21-18(25)24-8-6-13(7-9-24)2-3-14-4-5-15(19)10-16(14)20/h4-5,10,13H,2-3,6-9,11H2,1H3,(H,21,25). The predicted molar refractivity (Wildman–Crippen MR) is 90.2 cm³/mol. The van der Waals surface area contributed by atoms with Crippen molar-refractivity contribution < 1.29 is 18.1 Å². The summed E-state index contributed by atoms with van der Waals surface area (Å²) in [5.74, 6) is 0.307. The third-order valence-electron chi connectivity index (χ3n) is 4.70. The van der Waals surface area contributed by atoms with Gasteiger partial charge in [0, 0.05) is 19.2 Å². The number of carbonyl (C=O) groups is 1. The molecular formula is C18H22F2N4O2. The molecule has 26 heavy (non-hydrogen) atoms. The number of nitrogens with one attached hydrogen (secondary N) is 1. The minimum Gasteiger partial charge on any atom is -0.337 e. The summed E-state index contributed by atoms with van der Waals surface area (Å²) >= 11 is 0. The summed E-state index contributed by atoms with van der Waals surface area (Å²) in [7, 11) is 0. The number of halogens is 2. The smallest absolute Gasteiger partial charge is 0.317 e. The van der Waals surface area contributed by atoms with E-state index in [0.29, 0.717) is 42.7 Å². The second kappa shape index (κ2) is 8.25. The number of hydrogen-bond acceptors (Lipinski definition) is 4. The third kappa shape index (κ3) is 4.77. The van der Waals surface area contributed by atoms with Gasteiger partial charge in [0.15, 0.2) is 5.82 Å². The topological polar surface area (TPSA) is 71.3 Å². The Morgan fingerprint density at radius 2 is 2.12 bits per heavy atom. The summed E-state index contributed by atoms with van der Waals surface area (Å²) in [6.45, 7) is 3.25. The summed E-state index contributed by atoms with van der Waals surface area (Å²) in [6, 6.07) is 3.57. The van der Waals surface area contributed by atoms with Crippen LogP contribution in [0.4, 0.5) is 13.6 Å². The van der Waals surface area contributed by atoms with Crippen LogP contribution in [0.5, 0.6) is 0 Å². The van der Waals surface area contributed by atoms with Crippen LogP contribution in [0.2, 0.25) is 0 Å². The largest absolute Gasteiger partial charge is 0.337 e. The van der Waals surface area contributed by atoms with Crippen molar-refractivity contribution >= 4 is 6.03 Å². The molecule has 140 valence electrons. The molecule has 1 fully saturated rings. The van der Waals surface area contributed by atoms with Crippen molar-refractivity contribution in [3.63, 3.8) is 0 Å².